The first-order valence-corrected chi connectivity index (χ1v) is 14.6. The summed E-state index contributed by atoms with van der Waals surface area (Å²) in [5.74, 6) is 0. The minimum atomic E-state index is -1.46. The number of hydrogen-bond acceptors (Lipinski definition) is 1. The van der Waals surface area contributed by atoms with Crippen LogP contribution in [0.5, 0.6) is 0 Å². The Morgan fingerprint density at radius 3 is 2.05 bits per heavy atom. The van der Waals surface area contributed by atoms with Gasteiger partial charge in [0.05, 0.1) is 0 Å². The second kappa shape index (κ2) is 14.0. The predicted molar refractivity (Wildman–Crippen MR) is 101 cm³/mol. The maximum atomic E-state index is 4.93. The van der Waals surface area contributed by atoms with Gasteiger partial charge in [0.25, 0.3) is 0 Å². The van der Waals surface area contributed by atoms with Crippen LogP contribution in [0.4, 0.5) is 0 Å². The van der Waals surface area contributed by atoms with E-state index in [4.69, 9.17) is 28.9 Å². The van der Waals surface area contributed by atoms with Gasteiger partial charge in [0.1, 0.15) is 0 Å². The van der Waals surface area contributed by atoms with Crippen LogP contribution < -0.4 is 0 Å². The number of benzene rings is 1. The molecule has 0 aliphatic rings. The summed E-state index contributed by atoms with van der Waals surface area (Å²) in [6.07, 6.45) is 0.0119. The van der Waals surface area contributed by atoms with Gasteiger partial charge >= 0.3 is 35.6 Å². The molecule has 22 heavy (non-hydrogen) atoms. The number of halogens is 2. The molecule has 0 saturated carbocycles. The third-order valence-corrected chi connectivity index (χ3v) is 3.48. The fourth-order valence-corrected chi connectivity index (χ4v) is 2.56. The third kappa shape index (κ3) is 14.2. The van der Waals surface area contributed by atoms with Crippen molar-refractivity contribution in [1.82, 2.24) is 4.90 Å². The van der Waals surface area contributed by atoms with Gasteiger partial charge in [-0.1, -0.05) is 63.8 Å². The predicted octanol–water partition coefficient (Wildman–Crippen LogP) is 5.66. The fourth-order valence-electron chi connectivity index (χ4n) is 1.59. The Bertz CT molecular complexity index is 362. The Kier molecular flexibility index (Phi) is 15.8. The van der Waals surface area contributed by atoms with Crippen LogP contribution in [-0.4, -0.2) is 40.3 Å². The molecule has 0 aliphatic carbocycles. The third-order valence-electron chi connectivity index (χ3n) is 2.46. The monoisotopic (exact) mass is 396 g/mol. The van der Waals surface area contributed by atoms with Gasteiger partial charge < -0.3 is 22.6 Å². The molecule has 1 aromatic rings. The summed E-state index contributed by atoms with van der Waals surface area (Å²) in [5.41, 5.74) is 1.21. The summed E-state index contributed by atoms with van der Waals surface area (Å²) >= 11 is -0.556. The van der Waals surface area contributed by atoms with E-state index in [1.807, 2.05) is 6.07 Å². The quantitative estimate of drug-likeness (QED) is 0.432. The molecule has 3 nitrogen and oxygen atoms in total. The maximum absolute atomic E-state index is 4.93. The zero-order chi connectivity index (χ0) is 16.3. The molecule has 7 heteroatoms. The van der Waals surface area contributed by atoms with Crippen LogP contribution in [0.15, 0.2) is 30.3 Å². The van der Waals surface area contributed by atoms with Crippen LogP contribution in [0, 0.1) is 7.43 Å². The van der Waals surface area contributed by atoms with Crippen molar-refractivity contribution in [2.75, 3.05) is 27.2 Å². The molecule has 0 radical (unpaired) electrons. The van der Waals surface area contributed by atoms with Gasteiger partial charge in [0.15, 0.2) is 0 Å². The zero-order valence-electron chi connectivity index (χ0n) is 14.5. The standard InChI is InChI=1S/C14H25N3Si.CH3.2ClH.Ti/c1-17(2)12-11-15-14(16-18(3,4)5)13-9-7-6-8-10-13;;;;/h6-10,14H,11-12H2,1-5H3;1H3;2*1H;/q-2;-1;;;+6/p-2. The molecule has 0 aliphatic heterocycles. The number of rotatable bonds is 7. The van der Waals surface area contributed by atoms with Crippen molar-refractivity contribution in [1.29, 1.82) is 0 Å². The average molecular weight is 397 g/mol. The van der Waals surface area contributed by atoms with E-state index in [0.717, 1.165) is 13.1 Å². The number of hydrogen-bond donors (Lipinski definition) is 0. The van der Waals surface area contributed by atoms with E-state index in [9.17, 15) is 0 Å². The van der Waals surface area contributed by atoms with Gasteiger partial charge in [-0.05, 0) is 20.6 Å². The van der Waals surface area contributed by atoms with E-state index in [1.165, 1.54) is 5.56 Å². The fraction of sp³-hybridized carbons (Fsp3) is 0.533. The summed E-state index contributed by atoms with van der Waals surface area (Å²) < 4.78 is 0. The van der Waals surface area contributed by atoms with Crippen LogP contribution in [0.2, 0.25) is 19.6 Å². The van der Waals surface area contributed by atoms with Crippen molar-refractivity contribution in [3.05, 3.63) is 53.6 Å². The molecule has 0 saturated heterocycles. The molecule has 0 amide bonds. The van der Waals surface area contributed by atoms with Crippen molar-refractivity contribution < 1.29 is 17.0 Å². The van der Waals surface area contributed by atoms with Crippen molar-refractivity contribution >= 4 is 26.8 Å². The first kappa shape index (κ1) is 24.9. The van der Waals surface area contributed by atoms with Crippen LogP contribution in [-0.2, 0) is 17.0 Å². The van der Waals surface area contributed by atoms with E-state index >= 15 is 0 Å². The van der Waals surface area contributed by atoms with Crippen LogP contribution >= 0.6 is 18.6 Å². The summed E-state index contributed by atoms with van der Waals surface area (Å²) in [6, 6.07) is 10.4. The average Bonchev–Trinajstić information content (AvgIpc) is 2.38. The summed E-state index contributed by atoms with van der Waals surface area (Å²) in [5, 5.41) is 4.75. The Morgan fingerprint density at radius 1 is 1.14 bits per heavy atom. The molecule has 1 aromatic carbocycles. The van der Waals surface area contributed by atoms with Crippen molar-refractivity contribution in [3.63, 3.8) is 0 Å². The molecule has 1 atom stereocenters. The molecule has 0 spiro atoms. The first-order valence-electron chi connectivity index (χ1n) is 6.84. The normalized spacial score (nSPS) is 12.4. The van der Waals surface area contributed by atoms with Gasteiger partial charge in [0, 0.05) is 0 Å². The van der Waals surface area contributed by atoms with E-state index in [-0.39, 0.29) is 13.6 Å². The molecule has 124 valence electrons. The Hall–Kier alpha value is 0.611. The summed E-state index contributed by atoms with van der Waals surface area (Å²) in [6.45, 7) is 8.57. The van der Waals surface area contributed by atoms with Gasteiger partial charge in [-0.25, -0.2) is 6.17 Å². The van der Waals surface area contributed by atoms with Crippen LogP contribution in [0.25, 0.3) is 10.3 Å². The van der Waals surface area contributed by atoms with E-state index in [2.05, 4.69) is 62.9 Å². The molecule has 0 heterocycles. The molecule has 1 rings (SSSR count). The summed E-state index contributed by atoms with van der Waals surface area (Å²) in [4.78, 5) is 7.08. The van der Waals surface area contributed by atoms with E-state index in [1.54, 1.807) is 0 Å². The summed E-state index contributed by atoms with van der Waals surface area (Å²) in [7, 11) is 12.5. The van der Waals surface area contributed by atoms with Gasteiger partial charge in [-0.15, -0.1) is 6.54 Å². The number of likely N-dealkylation sites (N-methyl/N-ethyl adjacent to an activating group) is 1. The minimum absolute atomic E-state index is 0. The second-order valence-electron chi connectivity index (χ2n) is 5.87. The van der Waals surface area contributed by atoms with E-state index in [0.29, 0.717) is 0 Å². The van der Waals surface area contributed by atoms with Crippen molar-refractivity contribution in [3.8, 4) is 0 Å². The first-order chi connectivity index (χ1) is 9.80. The SMILES string of the molecule is CN(C)CC[N-]C([N-][Si](C)(C)C)c1ccccc1.[CH3-].[Cl][Ti+4][Cl]. The molecule has 0 bridgehead atoms. The molecular formula is C15H28Cl2N3SiTi+. The van der Waals surface area contributed by atoms with Gasteiger partial charge in [0.2, 0.25) is 0 Å². The van der Waals surface area contributed by atoms with Gasteiger partial charge in [-0.3, -0.25) is 0 Å². The Balaban J connectivity index is 0. The van der Waals surface area contributed by atoms with Crippen molar-refractivity contribution in [2.45, 2.75) is 25.8 Å². The Labute approximate surface area is 154 Å². The molecular weight excluding hydrogens is 369 g/mol. The van der Waals surface area contributed by atoms with Crippen molar-refractivity contribution in [2.24, 2.45) is 0 Å². The molecule has 0 aromatic heterocycles. The number of nitrogens with zero attached hydrogens (tertiary/aromatic N) is 3. The Morgan fingerprint density at radius 2 is 1.64 bits per heavy atom. The second-order valence-corrected chi connectivity index (χ2v) is 13.0. The van der Waals surface area contributed by atoms with E-state index < -0.39 is 25.3 Å². The van der Waals surface area contributed by atoms with Crippen LogP contribution in [0.3, 0.4) is 0 Å². The zero-order valence-corrected chi connectivity index (χ0v) is 18.5. The molecule has 1 unspecified atom stereocenters. The van der Waals surface area contributed by atoms with Gasteiger partial charge in [-0.2, -0.15) is 0 Å². The van der Waals surface area contributed by atoms with Crippen LogP contribution in [0.1, 0.15) is 11.7 Å². The topological polar surface area (TPSA) is 31.4 Å². The molecule has 0 fully saturated rings. The molecule has 0 N–H and O–H groups in total.